The van der Waals surface area contributed by atoms with E-state index in [0.29, 0.717) is 28.4 Å². The second kappa shape index (κ2) is 8.31. The topological polar surface area (TPSA) is 99.3 Å². The molecule has 10 heteroatoms. The molecule has 31 heavy (non-hydrogen) atoms. The van der Waals surface area contributed by atoms with Crippen LogP contribution in [0.15, 0.2) is 36.9 Å². The van der Waals surface area contributed by atoms with E-state index in [-0.39, 0.29) is 6.04 Å². The van der Waals surface area contributed by atoms with Gasteiger partial charge in [-0.1, -0.05) is 17.7 Å². The van der Waals surface area contributed by atoms with Crippen molar-refractivity contribution in [3.63, 3.8) is 0 Å². The Morgan fingerprint density at radius 2 is 2.10 bits per heavy atom. The van der Waals surface area contributed by atoms with Gasteiger partial charge < -0.3 is 25.0 Å². The van der Waals surface area contributed by atoms with Gasteiger partial charge in [0, 0.05) is 29.2 Å². The van der Waals surface area contributed by atoms with E-state index in [1.54, 1.807) is 10.9 Å². The average molecular weight is 447 g/mol. The lowest BCUT2D eigenvalue weighted by atomic mass is 10.1. The van der Waals surface area contributed by atoms with Crippen molar-refractivity contribution in [3.05, 3.63) is 41.9 Å². The fourth-order valence-electron chi connectivity index (χ4n) is 4.78. The SMILES string of the molecule is OC1C(CF)CC(n2cnc3c(N(c4cccc(Cl)c4)C4CCNC4)ncnc32)C1O. The molecule has 2 aromatic heterocycles. The van der Waals surface area contributed by atoms with Gasteiger partial charge in [-0.15, -0.1) is 0 Å². The Morgan fingerprint density at radius 1 is 1.23 bits per heavy atom. The molecule has 164 valence electrons. The molecule has 0 spiro atoms. The number of aliphatic hydroxyl groups excluding tert-OH is 2. The summed E-state index contributed by atoms with van der Waals surface area (Å²) in [6.45, 7) is 1.02. The molecule has 0 amide bonds. The van der Waals surface area contributed by atoms with E-state index >= 15 is 0 Å². The van der Waals surface area contributed by atoms with Gasteiger partial charge in [0.25, 0.3) is 0 Å². The summed E-state index contributed by atoms with van der Waals surface area (Å²) in [4.78, 5) is 15.7. The maximum atomic E-state index is 13.3. The molecule has 2 aliphatic rings. The maximum absolute atomic E-state index is 13.3. The van der Waals surface area contributed by atoms with Gasteiger partial charge in [-0.2, -0.15) is 0 Å². The Morgan fingerprint density at radius 3 is 2.81 bits per heavy atom. The first-order valence-electron chi connectivity index (χ1n) is 10.4. The molecule has 0 radical (unpaired) electrons. The highest BCUT2D eigenvalue weighted by Crippen LogP contribution is 2.39. The van der Waals surface area contributed by atoms with Crippen LogP contribution in [0.25, 0.3) is 11.2 Å². The zero-order valence-electron chi connectivity index (χ0n) is 16.8. The molecule has 3 heterocycles. The van der Waals surface area contributed by atoms with E-state index in [0.717, 1.165) is 25.2 Å². The third-order valence-electron chi connectivity index (χ3n) is 6.38. The van der Waals surface area contributed by atoms with E-state index < -0.39 is 30.8 Å². The lowest BCUT2D eigenvalue weighted by Crippen LogP contribution is -2.33. The molecule has 1 aliphatic heterocycles. The minimum absolute atomic E-state index is 0.163. The second-order valence-electron chi connectivity index (χ2n) is 8.22. The molecule has 3 aromatic rings. The van der Waals surface area contributed by atoms with Crippen LogP contribution in [-0.2, 0) is 0 Å². The van der Waals surface area contributed by atoms with Crippen LogP contribution < -0.4 is 10.2 Å². The highest BCUT2D eigenvalue weighted by atomic mass is 35.5. The Labute approximate surface area is 183 Å². The highest BCUT2D eigenvalue weighted by Gasteiger charge is 2.43. The van der Waals surface area contributed by atoms with Crippen molar-refractivity contribution in [1.82, 2.24) is 24.8 Å². The van der Waals surface area contributed by atoms with Crippen molar-refractivity contribution in [2.45, 2.75) is 37.1 Å². The normalized spacial score (nSPS) is 28.5. The van der Waals surface area contributed by atoms with Gasteiger partial charge in [0.2, 0.25) is 0 Å². The monoisotopic (exact) mass is 446 g/mol. The summed E-state index contributed by atoms with van der Waals surface area (Å²) in [5.74, 6) is 0.0427. The van der Waals surface area contributed by atoms with Crippen LogP contribution >= 0.6 is 11.6 Å². The Balaban J connectivity index is 1.60. The summed E-state index contributed by atoms with van der Waals surface area (Å²) in [6.07, 6.45) is 2.12. The molecule has 5 rings (SSSR count). The third kappa shape index (κ3) is 3.55. The van der Waals surface area contributed by atoms with Crippen LogP contribution in [-0.4, -0.2) is 67.7 Å². The summed E-state index contributed by atoms with van der Waals surface area (Å²) in [5.41, 5.74) is 2.03. The molecular formula is C21H24ClFN6O2. The minimum atomic E-state index is -1.11. The molecule has 1 aromatic carbocycles. The van der Waals surface area contributed by atoms with Crippen molar-refractivity contribution in [2.75, 3.05) is 24.7 Å². The average Bonchev–Trinajstić information content (AvgIpc) is 3.50. The zero-order valence-corrected chi connectivity index (χ0v) is 17.5. The zero-order chi connectivity index (χ0) is 21.5. The molecule has 3 N–H and O–H groups in total. The fraction of sp³-hybridized carbons (Fsp3) is 0.476. The van der Waals surface area contributed by atoms with E-state index in [2.05, 4.69) is 25.2 Å². The summed E-state index contributed by atoms with van der Waals surface area (Å²) < 4.78 is 15.0. The Bertz CT molecular complexity index is 1070. The number of aliphatic hydroxyl groups is 2. The summed E-state index contributed by atoms with van der Waals surface area (Å²) in [7, 11) is 0. The van der Waals surface area contributed by atoms with Gasteiger partial charge in [0.1, 0.15) is 12.4 Å². The van der Waals surface area contributed by atoms with Crippen LogP contribution in [0.4, 0.5) is 15.9 Å². The van der Waals surface area contributed by atoms with Crippen LogP contribution in [0.1, 0.15) is 18.9 Å². The number of fused-ring (bicyclic) bond motifs is 1. The number of rotatable bonds is 5. The number of hydrogen-bond acceptors (Lipinski definition) is 7. The Hall–Kier alpha value is -2.33. The number of hydrogen-bond donors (Lipinski definition) is 3. The van der Waals surface area contributed by atoms with Crippen LogP contribution in [0.3, 0.4) is 0 Å². The summed E-state index contributed by atoms with van der Waals surface area (Å²) in [5, 5.41) is 24.7. The predicted octanol–water partition coefficient (Wildman–Crippen LogP) is 2.23. The molecule has 0 bridgehead atoms. The maximum Gasteiger partial charge on any atom is 0.165 e. The minimum Gasteiger partial charge on any atom is -0.390 e. The molecule has 5 unspecified atom stereocenters. The second-order valence-corrected chi connectivity index (χ2v) is 8.65. The molecular weight excluding hydrogens is 423 g/mol. The van der Waals surface area contributed by atoms with Gasteiger partial charge in [0.15, 0.2) is 17.0 Å². The van der Waals surface area contributed by atoms with Crippen molar-refractivity contribution < 1.29 is 14.6 Å². The summed E-state index contributed by atoms with van der Waals surface area (Å²) >= 11 is 6.27. The van der Waals surface area contributed by atoms with E-state index in [1.807, 2.05) is 24.3 Å². The lowest BCUT2D eigenvalue weighted by molar-refractivity contribution is 0.00271. The number of nitrogens with zero attached hydrogens (tertiary/aromatic N) is 5. The van der Waals surface area contributed by atoms with Gasteiger partial charge in [-0.3, -0.25) is 4.39 Å². The largest absolute Gasteiger partial charge is 0.390 e. The van der Waals surface area contributed by atoms with Gasteiger partial charge >= 0.3 is 0 Å². The quantitative estimate of drug-likeness (QED) is 0.552. The number of anilines is 2. The van der Waals surface area contributed by atoms with Gasteiger partial charge in [-0.05, 0) is 37.6 Å². The number of alkyl halides is 1. The van der Waals surface area contributed by atoms with Crippen LogP contribution in [0.2, 0.25) is 5.02 Å². The summed E-state index contributed by atoms with van der Waals surface area (Å²) in [6, 6.07) is 7.27. The van der Waals surface area contributed by atoms with E-state index in [4.69, 9.17) is 11.6 Å². The standard InChI is InChI=1S/C21H24ClFN6O2/c22-13-2-1-3-14(7-13)29(15-4-5-24-9-15)21-17-20(25-10-26-21)28(11-27-17)16-6-12(8-23)18(30)19(16)31/h1-3,7,10-12,15-16,18-19,24,30-31H,4-6,8-9H2. The number of halogens is 2. The van der Waals surface area contributed by atoms with Crippen LogP contribution in [0.5, 0.6) is 0 Å². The molecule has 5 atom stereocenters. The van der Waals surface area contributed by atoms with E-state index in [1.165, 1.54) is 6.33 Å². The smallest absolute Gasteiger partial charge is 0.165 e. The first-order valence-corrected chi connectivity index (χ1v) is 10.8. The molecule has 1 saturated heterocycles. The number of nitrogens with one attached hydrogen (secondary N) is 1. The first kappa shape index (κ1) is 20.6. The third-order valence-corrected chi connectivity index (χ3v) is 6.62. The van der Waals surface area contributed by atoms with Crippen molar-refractivity contribution in [3.8, 4) is 0 Å². The number of aromatic nitrogens is 4. The molecule has 1 saturated carbocycles. The van der Waals surface area contributed by atoms with Gasteiger partial charge in [0.05, 0.1) is 25.1 Å². The van der Waals surface area contributed by atoms with Crippen molar-refractivity contribution in [1.29, 1.82) is 0 Å². The van der Waals surface area contributed by atoms with Crippen molar-refractivity contribution >= 4 is 34.3 Å². The van der Waals surface area contributed by atoms with Crippen molar-refractivity contribution in [2.24, 2.45) is 5.92 Å². The highest BCUT2D eigenvalue weighted by molar-refractivity contribution is 6.30. The number of benzene rings is 1. The van der Waals surface area contributed by atoms with Crippen LogP contribution in [0, 0.1) is 5.92 Å². The number of imidazole rings is 1. The first-order chi connectivity index (χ1) is 15.1. The Kier molecular flexibility index (Phi) is 5.51. The fourth-order valence-corrected chi connectivity index (χ4v) is 4.96. The molecule has 1 aliphatic carbocycles. The molecule has 2 fully saturated rings. The van der Waals surface area contributed by atoms with E-state index in [9.17, 15) is 14.6 Å². The van der Waals surface area contributed by atoms with Gasteiger partial charge in [-0.25, -0.2) is 15.0 Å². The predicted molar refractivity (Wildman–Crippen MR) is 115 cm³/mol. The molecule has 8 nitrogen and oxygen atoms in total. The lowest BCUT2D eigenvalue weighted by Gasteiger charge is -2.30.